The summed E-state index contributed by atoms with van der Waals surface area (Å²) in [6.07, 6.45) is -3.38. The summed E-state index contributed by atoms with van der Waals surface area (Å²) < 4.78 is 61.8. The number of rotatable bonds is 5. The molecule has 1 N–H and O–H groups in total. The molecule has 0 unspecified atom stereocenters. The van der Waals surface area contributed by atoms with Crippen LogP contribution >= 0.6 is 0 Å². The van der Waals surface area contributed by atoms with Gasteiger partial charge in [-0.15, -0.1) is 0 Å². The van der Waals surface area contributed by atoms with Crippen LogP contribution in [0.5, 0.6) is 0 Å². The first-order valence-corrected chi connectivity index (χ1v) is 6.86. The van der Waals surface area contributed by atoms with E-state index >= 15 is 0 Å². The Hall–Kier alpha value is -1.35. The molecule has 5 nitrogen and oxygen atoms in total. The second-order valence-electron chi connectivity index (χ2n) is 3.65. The van der Waals surface area contributed by atoms with Gasteiger partial charge in [0.2, 0.25) is 0 Å². The number of nitrogens with one attached hydrogen (secondary N) is 1. The number of nitrogens with zero attached hydrogens (tertiary/aromatic N) is 2. The first kappa shape index (κ1) is 15.7. The van der Waals surface area contributed by atoms with Crippen LogP contribution in [0.25, 0.3) is 0 Å². The maximum absolute atomic E-state index is 12.4. The predicted molar refractivity (Wildman–Crippen MR) is 64.3 cm³/mol. The van der Waals surface area contributed by atoms with Gasteiger partial charge in [0.25, 0.3) is 10.0 Å². The van der Waals surface area contributed by atoms with E-state index in [-0.39, 0.29) is 12.2 Å². The smallest absolute Gasteiger partial charge is 0.386 e. The Bertz CT molecular complexity index is 531. The molecule has 9 heteroatoms. The van der Waals surface area contributed by atoms with Crippen LogP contribution in [0.1, 0.15) is 6.92 Å². The Balaban J connectivity index is 3.21. The number of hydrogen-bond acceptors (Lipinski definition) is 4. The van der Waals surface area contributed by atoms with Crippen molar-refractivity contribution < 1.29 is 21.6 Å². The average molecular weight is 297 g/mol. The van der Waals surface area contributed by atoms with Gasteiger partial charge in [-0.25, -0.2) is 13.4 Å². The lowest BCUT2D eigenvalue weighted by molar-refractivity contribution is -0.135. The van der Waals surface area contributed by atoms with Crippen LogP contribution in [0.2, 0.25) is 0 Å². The molecular formula is C10H14F3N3O2S. The van der Waals surface area contributed by atoms with E-state index < -0.39 is 27.8 Å². The van der Waals surface area contributed by atoms with Crippen molar-refractivity contribution in [3.63, 3.8) is 0 Å². The fourth-order valence-corrected chi connectivity index (χ4v) is 3.02. The van der Waals surface area contributed by atoms with Crippen molar-refractivity contribution >= 4 is 15.7 Å². The Morgan fingerprint density at radius 3 is 2.53 bits per heavy atom. The number of pyridine rings is 1. The molecule has 0 aliphatic heterocycles. The van der Waals surface area contributed by atoms with Crippen LogP contribution in [-0.4, -0.2) is 44.0 Å². The van der Waals surface area contributed by atoms with Gasteiger partial charge in [0.1, 0.15) is 6.54 Å². The molecule has 0 amide bonds. The highest BCUT2D eigenvalue weighted by Crippen LogP contribution is 2.25. The zero-order chi connectivity index (χ0) is 14.7. The van der Waals surface area contributed by atoms with Gasteiger partial charge in [0.15, 0.2) is 5.03 Å². The van der Waals surface area contributed by atoms with Crippen molar-refractivity contribution in [2.75, 3.05) is 25.5 Å². The van der Waals surface area contributed by atoms with Crippen LogP contribution in [0.15, 0.2) is 23.4 Å². The van der Waals surface area contributed by atoms with E-state index in [0.717, 1.165) is 0 Å². The SMILES string of the molecule is CCN(CC(F)(F)F)S(=O)(=O)c1ncccc1NC. The second-order valence-corrected chi connectivity index (χ2v) is 5.51. The lowest BCUT2D eigenvalue weighted by Gasteiger charge is -2.22. The number of anilines is 1. The minimum atomic E-state index is -4.60. The molecule has 0 aliphatic rings. The second kappa shape index (κ2) is 5.74. The van der Waals surface area contributed by atoms with E-state index in [1.807, 2.05) is 0 Å². The highest BCUT2D eigenvalue weighted by atomic mass is 32.2. The molecular weight excluding hydrogens is 283 g/mol. The largest absolute Gasteiger partial charge is 0.402 e. The van der Waals surface area contributed by atoms with Crippen molar-refractivity contribution in [2.45, 2.75) is 18.1 Å². The summed E-state index contributed by atoms with van der Waals surface area (Å²) in [5, 5.41) is 2.18. The van der Waals surface area contributed by atoms with Crippen molar-refractivity contribution in [3.05, 3.63) is 18.3 Å². The van der Waals surface area contributed by atoms with Crippen molar-refractivity contribution in [1.82, 2.24) is 9.29 Å². The molecule has 0 atom stereocenters. The van der Waals surface area contributed by atoms with Crippen LogP contribution in [0.4, 0.5) is 18.9 Å². The molecule has 1 heterocycles. The summed E-state index contributed by atoms with van der Waals surface area (Å²) in [6, 6.07) is 2.92. The highest BCUT2D eigenvalue weighted by Gasteiger charge is 2.37. The number of halogens is 3. The summed E-state index contributed by atoms with van der Waals surface area (Å²) in [4.78, 5) is 3.66. The lowest BCUT2D eigenvalue weighted by atomic mass is 10.4. The summed E-state index contributed by atoms with van der Waals surface area (Å²) in [6.45, 7) is -0.488. The normalized spacial score (nSPS) is 12.7. The fraction of sp³-hybridized carbons (Fsp3) is 0.500. The summed E-state index contributed by atoms with van der Waals surface area (Å²) in [7, 11) is -2.82. The van der Waals surface area contributed by atoms with E-state index in [0.29, 0.717) is 4.31 Å². The summed E-state index contributed by atoms with van der Waals surface area (Å²) in [5.41, 5.74) is 0.156. The quantitative estimate of drug-likeness (QED) is 0.898. The molecule has 0 saturated heterocycles. The van der Waals surface area contributed by atoms with Gasteiger partial charge in [0.05, 0.1) is 5.69 Å². The molecule has 19 heavy (non-hydrogen) atoms. The molecule has 0 spiro atoms. The van der Waals surface area contributed by atoms with E-state index in [2.05, 4.69) is 10.3 Å². The third kappa shape index (κ3) is 3.80. The maximum atomic E-state index is 12.4. The van der Waals surface area contributed by atoms with E-state index in [1.165, 1.54) is 32.3 Å². The van der Waals surface area contributed by atoms with Crippen molar-refractivity contribution in [3.8, 4) is 0 Å². The molecule has 1 aromatic rings. The molecule has 0 bridgehead atoms. The van der Waals surface area contributed by atoms with Crippen LogP contribution in [0, 0.1) is 0 Å². The average Bonchev–Trinajstić information content (AvgIpc) is 2.34. The Morgan fingerprint density at radius 1 is 1.42 bits per heavy atom. The monoisotopic (exact) mass is 297 g/mol. The minimum absolute atomic E-state index is 0.156. The van der Waals surface area contributed by atoms with Crippen LogP contribution < -0.4 is 5.32 Å². The van der Waals surface area contributed by atoms with E-state index in [1.54, 1.807) is 0 Å². The molecule has 0 fully saturated rings. The van der Waals surface area contributed by atoms with Gasteiger partial charge in [-0.2, -0.15) is 17.5 Å². The molecule has 0 radical (unpaired) electrons. The highest BCUT2D eigenvalue weighted by molar-refractivity contribution is 7.89. The lowest BCUT2D eigenvalue weighted by Crippen LogP contribution is -2.39. The summed E-state index contributed by atoms with van der Waals surface area (Å²) in [5.74, 6) is 0. The van der Waals surface area contributed by atoms with E-state index in [9.17, 15) is 21.6 Å². The minimum Gasteiger partial charge on any atom is -0.386 e. The van der Waals surface area contributed by atoms with Gasteiger partial charge >= 0.3 is 6.18 Å². The maximum Gasteiger partial charge on any atom is 0.402 e. The van der Waals surface area contributed by atoms with Gasteiger partial charge in [0, 0.05) is 19.8 Å². The van der Waals surface area contributed by atoms with E-state index in [4.69, 9.17) is 0 Å². The zero-order valence-electron chi connectivity index (χ0n) is 10.4. The molecule has 0 saturated carbocycles. The number of sulfonamides is 1. The number of alkyl halides is 3. The first-order chi connectivity index (χ1) is 8.72. The molecule has 0 aliphatic carbocycles. The summed E-state index contributed by atoms with van der Waals surface area (Å²) >= 11 is 0. The third-order valence-electron chi connectivity index (χ3n) is 2.33. The Labute approximate surface area is 109 Å². The van der Waals surface area contributed by atoms with Crippen LogP contribution in [0.3, 0.4) is 0 Å². The van der Waals surface area contributed by atoms with Gasteiger partial charge in [-0.1, -0.05) is 6.92 Å². The number of aromatic nitrogens is 1. The Kier molecular flexibility index (Phi) is 4.75. The fourth-order valence-electron chi connectivity index (χ4n) is 1.48. The van der Waals surface area contributed by atoms with Gasteiger partial charge in [-0.05, 0) is 12.1 Å². The standard InChI is InChI=1S/C10H14F3N3O2S/c1-3-16(7-10(11,12)13)19(17,18)9-8(14-2)5-4-6-15-9/h4-6,14H,3,7H2,1-2H3. The van der Waals surface area contributed by atoms with Gasteiger partial charge < -0.3 is 5.32 Å². The molecule has 108 valence electrons. The van der Waals surface area contributed by atoms with Crippen molar-refractivity contribution in [2.24, 2.45) is 0 Å². The first-order valence-electron chi connectivity index (χ1n) is 5.42. The number of hydrogen-bond donors (Lipinski definition) is 1. The molecule has 0 aromatic carbocycles. The zero-order valence-corrected chi connectivity index (χ0v) is 11.2. The third-order valence-corrected chi connectivity index (χ3v) is 4.21. The van der Waals surface area contributed by atoms with Crippen LogP contribution in [-0.2, 0) is 10.0 Å². The van der Waals surface area contributed by atoms with Gasteiger partial charge in [-0.3, -0.25) is 0 Å². The molecule has 1 rings (SSSR count). The Morgan fingerprint density at radius 2 is 2.05 bits per heavy atom. The topological polar surface area (TPSA) is 62.3 Å². The van der Waals surface area contributed by atoms with Crippen molar-refractivity contribution in [1.29, 1.82) is 0 Å². The molecule has 1 aromatic heterocycles. The predicted octanol–water partition coefficient (Wildman–Crippen LogP) is 1.70.